The molecule has 0 bridgehead atoms. The number of anilines is 2. The second-order valence-corrected chi connectivity index (χ2v) is 8.97. The van der Waals surface area contributed by atoms with E-state index in [-0.39, 0.29) is 30.3 Å². The fourth-order valence-corrected chi connectivity index (χ4v) is 5.16. The van der Waals surface area contributed by atoms with Crippen molar-refractivity contribution in [2.45, 2.75) is 31.5 Å². The minimum absolute atomic E-state index is 0.0539. The number of alkyl halides is 1. The Morgan fingerprint density at radius 3 is 2.65 bits per heavy atom. The molecule has 3 aromatic rings. The van der Waals surface area contributed by atoms with Crippen molar-refractivity contribution >= 4 is 40.3 Å². The molecule has 3 amide bonds. The number of aromatic nitrogens is 4. The van der Waals surface area contributed by atoms with E-state index in [9.17, 15) is 14.0 Å². The number of para-hydroxylation sites is 2. The van der Waals surface area contributed by atoms with Gasteiger partial charge in [0.25, 0.3) is 5.91 Å². The molecule has 0 aliphatic carbocycles. The van der Waals surface area contributed by atoms with Crippen molar-refractivity contribution in [2.24, 2.45) is 7.05 Å². The molecule has 0 saturated carbocycles. The zero-order valence-corrected chi connectivity index (χ0v) is 18.8. The second kappa shape index (κ2) is 7.93. The van der Waals surface area contributed by atoms with E-state index in [4.69, 9.17) is 0 Å². The first kappa shape index (κ1) is 20.8. The van der Waals surface area contributed by atoms with Crippen LogP contribution in [-0.4, -0.2) is 74.7 Å². The highest BCUT2D eigenvalue weighted by Crippen LogP contribution is 2.37. The topological polar surface area (TPSA) is 102 Å². The fourth-order valence-electron chi connectivity index (χ4n) is 5.16. The van der Waals surface area contributed by atoms with Crippen molar-refractivity contribution in [3.63, 3.8) is 0 Å². The molecule has 2 aromatic heterocycles. The number of carbonyl (C=O) groups is 2. The molecule has 3 aliphatic heterocycles. The lowest BCUT2D eigenvalue weighted by molar-refractivity contribution is 0.0767. The number of piperidine rings is 1. The average Bonchev–Trinajstić information content (AvgIpc) is 3.53. The summed E-state index contributed by atoms with van der Waals surface area (Å²) < 4.78 is 15.3. The molecule has 1 radical (unpaired) electrons. The van der Waals surface area contributed by atoms with Gasteiger partial charge in [-0.3, -0.25) is 9.69 Å². The molecule has 1 atom stereocenters. The number of carbonyl (C=O) groups excluding carboxylic acids is 2. The van der Waals surface area contributed by atoms with Crippen LogP contribution in [0, 0.1) is 0 Å². The summed E-state index contributed by atoms with van der Waals surface area (Å²) in [7, 11) is 1.74. The molecular formula is C23H24FN8O2. The predicted molar refractivity (Wildman–Crippen MR) is 123 cm³/mol. The quantitative estimate of drug-likeness (QED) is 0.591. The second-order valence-electron chi connectivity index (χ2n) is 8.97. The van der Waals surface area contributed by atoms with E-state index in [1.54, 1.807) is 16.5 Å². The molecule has 175 valence electrons. The first-order valence-electron chi connectivity index (χ1n) is 11.5. The van der Waals surface area contributed by atoms with E-state index in [2.05, 4.69) is 25.2 Å². The number of fused-ring (bicyclic) bond motifs is 2. The van der Waals surface area contributed by atoms with Crippen molar-refractivity contribution in [3.05, 3.63) is 36.4 Å². The van der Waals surface area contributed by atoms with Gasteiger partial charge >= 0.3 is 6.03 Å². The van der Waals surface area contributed by atoms with Crippen LogP contribution in [-0.2, 0) is 7.05 Å². The highest BCUT2D eigenvalue weighted by atomic mass is 19.1. The van der Waals surface area contributed by atoms with Crippen LogP contribution in [0.5, 0.6) is 0 Å². The van der Waals surface area contributed by atoms with Gasteiger partial charge in [-0.05, 0) is 31.4 Å². The van der Waals surface area contributed by atoms with E-state index in [1.807, 2.05) is 24.3 Å². The van der Waals surface area contributed by atoms with Crippen LogP contribution in [0.2, 0.25) is 0 Å². The van der Waals surface area contributed by atoms with Gasteiger partial charge in [0.1, 0.15) is 12.5 Å². The van der Waals surface area contributed by atoms with Crippen LogP contribution in [0.25, 0.3) is 11.2 Å². The average molecular weight is 463 g/mol. The molecule has 11 heteroatoms. The predicted octanol–water partition coefficient (Wildman–Crippen LogP) is 2.39. The molecule has 10 nitrogen and oxygen atoms in total. The van der Waals surface area contributed by atoms with Gasteiger partial charge in [0.15, 0.2) is 17.0 Å². The van der Waals surface area contributed by atoms with Crippen molar-refractivity contribution in [1.82, 2.24) is 29.7 Å². The Bertz CT molecular complexity index is 1290. The molecule has 0 spiro atoms. The Morgan fingerprint density at radius 2 is 1.88 bits per heavy atom. The fraction of sp³-hybridized carbons (Fsp3) is 0.435. The molecule has 0 unspecified atom stereocenters. The van der Waals surface area contributed by atoms with Gasteiger partial charge in [0, 0.05) is 32.7 Å². The van der Waals surface area contributed by atoms with Crippen molar-refractivity contribution < 1.29 is 14.0 Å². The lowest BCUT2D eigenvalue weighted by Crippen LogP contribution is -2.47. The highest BCUT2D eigenvalue weighted by molar-refractivity contribution is 6.04. The van der Waals surface area contributed by atoms with E-state index < -0.39 is 6.17 Å². The summed E-state index contributed by atoms with van der Waals surface area (Å²) >= 11 is 0. The Kier molecular flexibility index (Phi) is 4.85. The number of aryl methyl sites for hydroxylation is 1. The summed E-state index contributed by atoms with van der Waals surface area (Å²) in [6.45, 7) is 1.84. The molecular weight excluding hydrogens is 439 g/mol. The number of likely N-dealkylation sites (tertiary alicyclic amines) is 1. The van der Waals surface area contributed by atoms with E-state index in [0.29, 0.717) is 43.0 Å². The number of benzene rings is 1. The maximum absolute atomic E-state index is 13.6. The van der Waals surface area contributed by atoms with Gasteiger partial charge in [-0.1, -0.05) is 12.1 Å². The van der Waals surface area contributed by atoms with Crippen molar-refractivity contribution in [3.8, 4) is 0 Å². The van der Waals surface area contributed by atoms with E-state index in [1.165, 1.54) is 11.2 Å². The number of urea groups is 1. The Labute approximate surface area is 195 Å². The van der Waals surface area contributed by atoms with Crippen LogP contribution in [0.15, 0.2) is 30.6 Å². The number of nitrogens with zero attached hydrogens (tertiary/aromatic N) is 8. The molecule has 1 aromatic carbocycles. The Balaban J connectivity index is 1.24. The SMILES string of the molecule is Cn1c(C(=O)N2CC[C@@H](F)C2)nc2c(N3CCC(N4C(=O)[N]c5ccccc54)CC3)ncnc21. The molecule has 34 heavy (non-hydrogen) atoms. The summed E-state index contributed by atoms with van der Waals surface area (Å²) in [5, 5.41) is 4.17. The van der Waals surface area contributed by atoms with Crippen LogP contribution in [0.4, 0.5) is 26.4 Å². The maximum atomic E-state index is 13.6. The molecule has 5 heterocycles. The number of rotatable bonds is 3. The van der Waals surface area contributed by atoms with E-state index >= 15 is 0 Å². The highest BCUT2D eigenvalue weighted by Gasteiger charge is 2.37. The van der Waals surface area contributed by atoms with Crippen LogP contribution >= 0.6 is 0 Å². The van der Waals surface area contributed by atoms with Gasteiger partial charge < -0.3 is 14.4 Å². The normalized spacial score (nSPS) is 20.8. The van der Waals surface area contributed by atoms with Crippen LogP contribution in [0.3, 0.4) is 0 Å². The number of hydrogen-bond acceptors (Lipinski definition) is 6. The lowest BCUT2D eigenvalue weighted by Gasteiger charge is -2.36. The van der Waals surface area contributed by atoms with Gasteiger partial charge in [-0.2, -0.15) is 5.32 Å². The summed E-state index contributed by atoms with van der Waals surface area (Å²) in [5.41, 5.74) is 2.70. The van der Waals surface area contributed by atoms with Crippen LogP contribution in [0.1, 0.15) is 29.9 Å². The molecule has 0 N–H and O–H groups in total. The smallest absolute Gasteiger partial charge is 0.348 e. The standard InChI is InChI=1S/C23H24FN8O2/c1-29-19-18(28-21(29)22(33)31-9-6-14(24)12-31)20(26-13-25-19)30-10-7-15(8-11-30)32-17-5-3-2-4-16(17)27-23(32)34/h2-5,13-15H,6-12H2,1H3/t14-/m1/s1. The Morgan fingerprint density at radius 1 is 1.09 bits per heavy atom. The minimum Gasteiger partial charge on any atom is -0.355 e. The molecule has 3 aliphatic rings. The van der Waals surface area contributed by atoms with E-state index in [0.717, 1.165) is 24.2 Å². The van der Waals surface area contributed by atoms with Gasteiger partial charge in [-0.15, -0.1) is 0 Å². The number of imidazole rings is 1. The minimum atomic E-state index is -0.988. The largest absolute Gasteiger partial charge is 0.355 e. The monoisotopic (exact) mass is 463 g/mol. The summed E-state index contributed by atoms with van der Waals surface area (Å²) in [6.07, 6.45) is 2.35. The first-order chi connectivity index (χ1) is 16.5. The molecule has 2 saturated heterocycles. The summed E-state index contributed by atoms with van der Waals surface area (Å²) in [5.74, 6) is 0.614. The number of hydrogen-bond donors (Lipinski definition) is 0. The zero-order chi connectivity index (χ0) is 23.4. The van der Waals surface area contributed by atoms with Gasteiger partial charge in [0.2, 0.25) is 5.82 Å². The molecule has 6 rings (SSSR count). The van der Waals surface area contributed by atoms with Crippen molar-refractivity contribution in [1.29, 1.82) is 0 Å². The third-order valence-corrected chi connectivity index (χ3v) is 6.94. The van der Waals surface area contributed by atoms with Gasteiger partial charge in [0.05, 0.1) is 17.9 Å². The number of amides is 3. The maximum Gasteiger partial charge on any atom is 0.348 e. The summed E-state index contributed by atoms with van der Waals surface area (Å²) in [6, 6.07) is 7.43. The third-order valence-electron chi connectivity index (χ3n) is 6.94. The Hall–Kier alpha value is -3.76. The first-order valence-corrected chi connectivity index (χ1v) is 11.5. The molecule has 2 fully saturated rings. The van der Waals surface area contributed by atoms with Gasteiger partial charge in [-0.25, -0.2) is 24.1 Å². The number of halogens is 1. The zero-order valence-electron chi connectivity index (χ0n) is 18.8. The third kappa shape index (κ3) is 3.25. The van der Waals surface area contributed by atoms with Crippen molar-refractivity contribution in [2.75, 3.05) is 36.0 Å². The van der Waals surface area contributed by atoms with Crippen LogP contribution < -0.4 is 15.1 Å². The lowest BCUT2D eigenvalue weighted by atomic mass is 10.0. The summed E-state index contributed by atoms with van der Waals surface area (Å²) in [4.78, 5) is 44.4.